The molecule has 4 heteroatoms. The summed E-state index contributed by atoms with van der Waals surface area (Å²) in [5, 5.41) is 0.667. The third-order valence-corrected chi connectivity index (χ3v) is 5.55. The minimum absolute atomic E-state index is 0.0715. The van der Waals surface area contributed by atoms with E-state index in [1.807, 2.05) is 30.3 Å². The minimum Gasteiger partial charge on any atom is -0.491 e. The summed E-state index contributed by atoms with van der Waals surface area (Å²) < 4.78 is 6.94. The highest BCUT2D eigenvalue weighted by molar-refractivity contribution is 7.07. The van der Waals surface area contributed by atoms with Crippen molar-refractivity contribution in [2.45, 2.75) is 45.6 Å². The van der Waals surface area contributed by atoms with Crippen LogP contribution in [0.25, 0.3) is 12.7 Å². The van der Waals surface area contributed by atoms with Crippen LogP contribution in [0.3, 0.4) is 0 Å². The van der Waals surface area contributed by atoms with E-state index in [1.165, 1.54) is 36.2 Å². The number of thiazole rings is 1. The molecule has 132 valence electrons. The molecule has 0 fully saturated rings. The van der Waals surface area contributed by atoms with Crippen LogP contribution in [0.2, 0.25) is 0 Å². The van der Waals surface area contributed by atoms with Crippen LogP contribution >= 0.6 is 11.3 Å². The van der Waals surface area contributed by atoms with Gasteiger partial charge >= 0.3 is 4.87 Å². The van der Waals surface area contributed by atoms with Crippen molar-refractivity contribution in [1.29, 1.82) is 0 Å². The van der Waals surface area contributed by atoms with E-state index in [9.17, 15) is 4.79 Å². The van der Waals surface area contributed by atoms with Crippen molar-refractivity contribution in [3.63, 3.8) is 0 Å². The molecular formula is C21H25NO2S. The van der Waals surface area contributed by atoms with Gasteiger partial charge in [0.1, 0.15) is 5.75 Å². The van der Waals surface area contributed by atoms with Crippen LogP contribution in [0.15, 0.2) is 40.7 Å². The second-order valence-corrected chi connectivity index (χ2v) is 7.94. The van der Waals surface area contributed by atoms with Crippen LogP contribution < -0.4 is 19.5 Å². The SMILES string of the molecule is C=c1[nH]c(=O)s/c1=C\c1ccc(OC(C)CC2CC=C(C)CC2)cc1. The summed E-state index contributed by atoms with van der Waals surface area (Å²) >= 11 is 1.18. The highest BCUT2D eigenvalue weighted by Gasteiger charge is 2.16. The van der Waals surface area contributed by atoms with Gasteiger partial charge in [-0.25, -0.2) is 0 Å². The number of allylic oxidation sites excluding steroid dienone is 2. The molecule has 1 aromatic carbocycles. The first-order valence-electron chi connectivity index (χ1n) is 8.82. The largest absolute Gasteiger partial charge is 0.491 e. The maximum atomic E-state index is 11.3. The summed E-state index contributed by atoms with van der Waals surface area (Å²) in [6.45, 7) is 8.22. The van der Waals surface area contributed by atoms with E-state index in [4.69, 9.17) is 4.74 Å². The molecule has 25 heavy (non-hydrogen) atoms. The van der Waals surface area contributed by atoms with Crippen LogP contribution in [0.4, 0.5) is 0 Å². The number of hydrogen-bond acceptors (Lipinski definition) is 3. The Morgan fingerprint density at radius 2 is 2.16 bits per heavy atom. The van der Waals surface area contributed by atoms with Gasteiger partial charge in [-0.05, 0) is 69.2 Å². The molecule has 0 spiro atoms. The van der Waals surface area contributed by atoms with Crippen LogP contribution in [-0.4, -0.2) is 11.1 Å². The lowest BCUT2D eigenvalue weighted by molar-refractivity contribution is 0.180. The van der Waals surface area contributed by atoms with Crippen molar-refractivity contribution in [3.8, 4) is 5.75 Å². The lowest BCUT2D eigenvalue weighted by Crippen LogP contribution is -2.19. The number of ether oxygens (including phenoxy) is 1. The van der Waals surface area contributed by atoms with Gasteiger partial charge in [-0.15, -0.1) is 0 Å². The summed E-state index contributed by atoms with van der Waals surface area (Å²) in [4.78, 5) is 14.0. The van der Waals surface area contributed by atoms with Gasteiger partial charge in [0.2, 0.25) is 0 Å². The van der Waals surface area contributed by atoms with E-state index in [0.29, 0.717) is 5.35 Å². The van der Waals surface area contributed by atoms with E-state index in [1.54, 1.807) is 0 Å². The molecule has 2 unspecified atom stereocenters. The molecule has 0 aliphatic heterocycles. The van der Waals surface area contributed by atoms with Gasteiger partial charge < -0.3 is 9.72 Å². The van der Waals surface area contributed by atoms with Crippen LogP contribution in [-0.2, 0) is 0 Å². The zero-order valence-corrected chi connectivity index (χ0v) is 15.7. The van der Waals surface area contributed by atoms with E-state index < -0.39 is 0 Å². The molecule has 0 bridgehead atoms. The summed E-state index contributed by atoms with van der Waals surface area (Å²) in [6.07, 6.45) is 9.33. The molecule has 0 saturated heterocycles. The van der Waals surface area contributed by atoms with E-state index in [0.717, 1.165) is 28.2 Å². The fraction of sp³-hybridized carbons (Fsp3) is 0.381. The molecule has 1 aromatic heterocycles. The number of H-pyrrole nitrogens is 1. The van der Waals surface area contributed by atoms with Crippen molar-refractivity contribution in [1.82, 2.24) is 4.98 Å². The Labute approximate surface area is 152 Å². The van der Waals surface area contributed by atoms with Gasteiger partial charge in [0, 0.05) is 0 Å². The monoisotopic (exact) mass is 355 g/mol. The Hall–Kier alpha value is -2.07. The molecule has 1 N–H and O–H groups in total. The van der Waals surface area contributed by atoms with Crippen LogP contribution in [0, 0.1) is 5.92 Å². The maximum Gasteiger partial charge on any atom is 0.305 e. The highest BCUT2D eigenvalue weighted by atomic mass is 32.1. The van der Waals surface area contributed by atoms with E-state index in [-0.39, 0.29) is 11.0 Å². The van der Waals surface area contributed by atoms with Crippen molar-refractivity contribution >= 4 is 24.0 Å². The Kier molecular flexibility index (Phi) is 5.59. The minimum atomic E-state index is -0.0715. The molecule has 1 heterocycles. The standard InChI is InChI=1S/C21H25NO2S/c1-14-4-6-17(7-5-14)12-15(2)24-19-10-8-18(9-11-19)13-20-16(3)22-21(23)25-20/h4,8-11,13,15,17H,3,5-7,12H2,1-2H3,(H,22,23)/b20-13-. The van der Waals surface area contributed by atoms with Gasteiger partial charge in [0.05, 0.1) is 16.0 Å². The summed E-state index contributed by atoms with van der Waals surface area (Å²) in [5.74, 6) is 1.63. The third kappa shape index (κ3) is 4.95. The highest BCUT2D eigenvalue weighted by Crippen LogP contribution is 2.28. The first-order chi connectivity index (χ1) is 12.0. The molecular weight excluding hydrogens is 330 g/mol. The Balaban J connectivity index is 1.61. The average molecular weight is 356 g/mol. The number of benzene rings is 1. The summed E-state index contributed by atoms with van der Waals surface area (Å²) in [5.41, 5.74) is 2.56. The maximum absolute atomic E-state index is 11.3. The van der Waals surface area contributed by atoms with Gasteiger partial charge in [-0.3, -0.25) is 4.79 Å². The Bertz CT molecular complexity index is 905. The third-order valence-electron chi connectivity index (χ3n) is 4.68. The molecule has 1 aliphatic rings. The lowest BCUT2D eigenvalue weighted by Gasteiger charge is -2.24. The van der Waals surface area contributed by atoms with Crippen LogP contribution in [0.1, 0.15) is 45.1 Å². The average Bonchev–Trinajstić information content (AvgIpc) is 2.89. The molecule has 0 radical (unpaired) electrons. The zero-order chi connectivity index (χ0) is 17.8. The zero-order valence-electron chi connectivity index (χ0n) is 14.9. The Morgan fingerprint density at radius 1 is 1.40 bits per heavy atom. The number of hydrogen-bond donors (Lipinski definition) is 1. The second kappa shape index (κ2) is 7.87. The van der Waals surface area contributed by atoms with E-state index >= 15 is 0 Å². The lowest BCUT2D eigenvalue weighted by atomic mass is 9.86. The summed E-state index contributed by atoms with van der Waals surface area (Å²) in [7, 11) is 0. The molecule has 0 saturated carbocycles. The topological polar surface area (TPSA) is 42.1 Å². The smallest absolute Gasteiger partial charge is 0.305 e. The first-order valence-corrected chi connectivity index (χ1v) is 9.63. The normalized spacial score (nSPS) is 19.5. The van der Waals surface area contributed by atoms with Gasteiger partial charge in [-0.1, -0.05) is 41.7 Å². The quantitative estimate of drug-likeness (QED) is 0.833. The number of aromatic nitrogens is 1. The predicted molar refractivity (Wildman–Crippen MR) is 106 cm³/mol. The fourth-order valence-electron chi connectivity index (χ4n) is 3.27. The molecule has 3 rings (SSSR count). The van der Waals surface area contributed by atoms with E-state index in [2.05, 4.69) is 31.5 Å². The number of rotatable bonds is 5. The number of aromatic amines is 1. The Morgan fingerprint density at radius 3 is 2.76 bits per heavy atom. The van der Waals surface area contributed by atoms with Crippen molar-refractivity contribution < 1.29 is 4.74 Å². The molecule has 1 aliphatic carbocycles. The molecule has 2 atom stereocenters. The van der Waals surface area contributed by atoms with Crippen molar-refractivity contribution in [2.24, 2.45) is 5.92 Å². The first kappa shape index (κ1) is 17.7. The van der Waals surface area contributed by atoms with Crippen LogP contribution in [0.5, 0.6) is 5.75 Å². The predicted octanol–water partition coefficient (Wildman–Crippen LogP) is 3.58. The van der Waals surface area contributed by atoms with Crippen molar-refractivity contribution in [3.05, 3.63) is 61.0 Å². The molecule has 2 aromatic rings. The fourth-order valence-corrected chi connectivity index (χ4v) is 4.01. The molecule has 3 nitrogen and oxygen atoms in total. The second-order valence-electron chi connectivity index (χ2n) is 6.93. The van der Waals surface area contributed by atoms with Crippen molar-refractivity contribution in [2.75, 3.05) is 0 Å². The summed E-state index contributed by atoms with van der Waals surface area (Å²) in [6, 6.07) is 8.01. The number of nitrogens with one attached hydrogen (secondary N) is 1. The van der Waals surface area contributed by atoms with Gasteiger partial charge in [-0.2, -0.15) is 0 Å². The van der Waals surface area contributed by atoms with Gasteiger partial charge in [0.15, 0.2) is 0 Å². The van der Waals surface area contributed by atoms with Gasteiger partial charge in [0.25, 0.3) is 0 Å². The molecule has 0 amide bonds.